The molecule has 0 bridgehead atoms. The van der Waals surface area contributed by atoms with Gasteiger partial charge < -0.3 is 8.97 Å². The molecule has 5 nitrogen and oxygen atoms in total. The second kappa shape index (κ2) is 17.6. The van der Waals surface area contributed by atoms with Crippen molar-refractivity contribution in [3.05, 3.63) is 55.0 Å². The van der Waals surface area contributed by atoms with Gasteiger partial charge >= 0.3 is 0 Å². The van der Waals surface area contributed by atoms with Crippen molar-refractivity contribution in [2.75, 3.05) is 76.0 Å². The van der Waals surface area contributed by atoms with Crippen LogP contribution in [0, 0.1) is 0 Å². The molecule has 3 rings (SSSR count). The number of nitrogens with zero attached hydrogens (tertiary/aromatic N) is 5. The lowest BCUT2D eigenvalue weighted by Crippen LogP contribution is -2.46. The van der Waals surface area contributed by atoms with Gasteiger partial charge in [-0.15, -0.1) is 0 Å². The first-order valence-corrected chi connectivity index (χ1v) is 11.3. The fourth-order valence-corrected chi connectivity index (χ4v) is 2.10. The predicted octanol–water partition coefficient (Wildman–Crippen LogP) is 2.82. The fraction of sp³-hybridized carbons (Fsp3) is 0.577. The molecule has 1 aromatic rings. The van der Waals surface area contributed by atoms with Gasteiger partial charge in [0.15, 0.2) is 31.4 Å². The maximum atomic E-state index is 2.23. The van der Waals surface area contributed by atoms with Crippen LogP contribution in [0.3, 0.4) is 0 Å². The van der Waals surface area contributed by atoms with Crippen LogP contribution in [0.2, 0.25) is 0 Å². The van der Waals surface area contributed by atoms with E-state index in [1.165, 1.54) is 13.1 Å². The molecule has 0 saturated heterocycles. The van der Waals surface area contributed by atoms with Crippen LogP contribution in [0.25, 0.3) is 0 Å². The molecule has 0 fully saturated rings. The molecule has 0 saturated carbocycles. The molecule has 0 spiro atoms. The summed E-state index contributed by atoms with van der Waals surface area (Å²) in [5.74, 6) is 0. The van der Waals surface area contributed by atoms with Crippen molar-refractivity contribution in [1.82, 2.24) is 0 Å². The zero-order valence-corrected chi connectivity index (χ0v) is 22.4. The summed E-state index contributed by atoms with van der Waals surface area (Å²) in [6.45, 7) is 7.56. The molecule has 176 valence electrons. The number of rotatable bonds is 3. The van der Waals surface area contributed by atoms with Gasteiger partial charge in [-0.2, -0.15) is 0 Å². The predicted molar refractivity (Wildman–Crippen MR) is 137 cm³/mol. The third-order valence-corrected chi connectivity index (χ3v) is 4.05. The molecule has 1 aromatic heterocycles. The summed E-state index contributed by atoms with van der Waals surface area (Å²) in [6.07, 6.45) is 17.6. The van der Waals surface area contributed by atoms with E-state index in [1.54, 1.807) is 0 Å². The Morgan fingerprint density at radius 1 is 0.742 bits per heavy atom. The number of likely N-dealkylation sites (N-methyl/N-ethyl adjacent to an activating group) is 3. The van der Waals surface area contributed by atoms with Crippen LogP contribution in [0.4, 0.5) is 0 Å². The van der Waals surface area contributed by atoms with E-state index in [4.69, 9.17) is 0 Å². The number of allylic oxidation sites excluding steroid dienone is 2. The van der Waals surface area contributed by atoms with Gasteiger partial charge in [0.2, 0.25) is 0 Å². The lowest BCUT2D eigenvalue weighted by Gasteiger charge is -2.30. The van der Waals surface area contributed by atoms with Gasteiger partial charge in [0, 0.05) is 24.6 Å². The number of aromatic nitrogens is 1. The summed E-state index contributed by atoms with van der Waals surface area (Å²) >= 11 is 0. The Hall–Kier alpha value is -2.11. The number of quaternary nitrogens is 2. The zero-order valence-electron chi connectivity index (χ0n) is 22.4. The number of hydrogen-bond donors (Lipinski definition) is 0. The van der Waals surface area contributed by atoms with E-state index < -0.39 is 0 Å². The van der Waals surface area contributed by atoms with E-state index in [9.17, 15) is 0 Å². The number of pyridine rings is 1. The van der Waals surface area contributed by atoms with Crippen LogP contribution >= 0.6 is 0 Å². The lowest BCUT2D eigenvalue weighted by atomic mass is 10.4. The topological polar surface area (TPSA) is 9.90 Å². The molecule has 0 N–H and O–H groups in total. The van der Waals surface area contributed by atoms with Crippen LogP contribution in [-0.4, -0.2) is 107 Å². The Labute approximate surface area is 193 Å². The van der Waals surface area contributed by atoms with E-state index in [-0.39, 0.29) is 0 Å². The van der Waals surface area contributed by atoms with Crippen molar-refractivity contribution >= 4 is 12.4 Å². The van der Waals surface area contributed by atoms with E-state index in [1.807, 2.05) is 63.1 Å². The van der Waals surface area contributed by atoms with E-state index in [0.29, 0.717) is 0 Å². The number of hydrogen-bond acceptors (Lipinski definition) is 0. The Morgan fingerprint density at radius 2 is 1.26 bits per heavy atom. The van der Waals surface area contributed by atoms with Crippen LogP contribution < -0.4 is 4.57 Å². The van der Waals surface area contributed by atoms with E-state index in [0.717, 1.165) is 21.9 Å². The minimum atomic E-state index is 1.06. The molecule has 0 radical (unpaired) electrons. The molecule has 5 heteroatoms. The van der Waals surface area contributed by atoms with Gasteiger partial charge in [0.1, 0.15) is 40.4 Å². The second-order valence-corrected chi connectivity index (χ2v) is 9.55. The van der Waals surface area contributed by atoms with Crippen molar-refractivity contribution in [2.24, 2.45) is 7.05 Å². The highest BCUT2D eigenvalue weighted by Gasteiger charge is 2.14. The summed E-state index contributed by atoms with van der Waals surface area (Å²) in [4.78, 5) is 0. The Kier molecular flexibility index (Phi) is 17.6. The van der Waals surface area contributed by atoms with Crippen LogP contribution in [0.15, 0.2) is 55.0 Å². The monoisotopic (exact) mass is 434 g/mol. The maximum absolute atomic E-state index is 2.23. The normalized spacial score (nSPS) is 13.8. The number of aryl methyl sites for hydroxylation is 1. The Balaban J connectivity index is 0. The molecule has 31 heavy (non-hydrogen) atoms. The third kappa shape index (κ3) is 25.9. The van der Waals surface area contributed by atoms with E-state index >= 15 is 0 Å². The standard InChI is InChI=1S/C8H22N2.C6H8N.2C5H8N.C2H6/c1-9(2,3)7-8-10(4,5)6;1-7-5-3-2-4-6-7;2*1-6-4-2-3-5-6;1-2/h7-8H2,1-6H3;2-6H,1H3;2,4-5H,3H2,1H3;2-4H,5H2,1H3;1-2H3/q+2;3*+1;. The SMILES string of the molecule is CC.C[N+](C)(C)CC[N+](C)(C)C.C[N+]1=CC=CC1.C[N+]1=CCC=C1.C[n+]1ccccc1. The maximum Gasteiger partial charge on any atom is 0.168 e. The van der Waals surface area contributed by atoms with E-state index in [2.05, 4.69) is 95.3 Å². The van der Waals surface area contributed by atoms with Crippen LogP contribution in [-0.2, 0) is 7.05 Å². The van der Waals surface area contributed by atoms with Gasteiger partial charge in [-0.1, -0.05) is 19.9 Å². The molecule has 0 unspecified atom stereocenters. The zero-order chi connectivity index (χ0) is 24.3. The van der Waals surface area contributed by atoms with Gasteiger partial charge in [-0.25, -0.2) is 13.7 Å². The molecule has 2 aliphatic rings. The Bertz CT molecular complexity index is 655. The molecule has 2 aliphatic heterocycles. The summed E-state index contributed by atoms with van der Waals surface area (Å²) in [6, 6.07) is 6.00. The highest BCUT2D eigenvalue weighted by atomic mass is 15.3. The van der Waals surface area contributed by atoms with Gasteiger partial charge in [-0.3, -0.25) is 0 Å². The highest BCUT2D eigenvalue weighted by Crippen LogP contribution is 1.94. The third-order valence-electron chi connectivity index (χ3n) is 4.05. The minimum Gasteiger partial charge on any atom is -0.326 e. The molecular formula is C26H52N5+5. The lowest BCUT2D eigenvalue weighted by molar-refractivity contribution is -0.927. The second-order valence-electron chi connectivity index (χ2n) is 9.55. The van der Waals surface area contributed by atoms with Crippen molar-refractivity contribution < 1.29 is 22.7 Å². The van der Waals surface area contributed by atoms with Crippen molar-refractivity contribution in [3.63, 3.8) is 0 Å². The Morgan fingerprint density at radius 3 is 1.42 bits per heavy atom. The van der Waals surface area contributed by atoms with Crippen LogP contribution in [0.1, 0.15) is 20.3 Å². The quantitative estimate of drug-likeness (QED) is 0.511. The average Bonchev–Trinajstić information content (AvgIpc) is 3.36. The van der Waals surface area contributed by atoms with Gasteiger partial charge in [0.25, 0.3) is 0 Å². The molecule has 0 aromatic carbocycles. The first-order chi connectivity index (χ1) is 14.4. The first kappa shape index (κ1) is 31.1. The summed E-state index contributed by atoms with van der Waals surface area (Å²) < 4.78 is 8.31. The molecule has 0 aliphatic carbocycles. The molecule has 0 atom stereocenters. The molecule has 0 amide bonds. The van der Waals surface area contributed by atoms with Crippen molar-refractivity contribution in [2.45, 2.75) is 20.3 Å². The highest BCUT2D eigenvalue weighted by molar-refractivity contribution is 5.67. The summed E-state index contributed by atoms with van der Waals surface area (Å²) in [5.41, 5.74) is 0. The minimum absolute atomic E-state index is 1.06. The average molecular weight is 435 g/mol. The molecular weight excluding hydrogens is 382 g/mol. The molecule has 3 heterocycles. The fourth-order valence-electron chi connectivity index (χ4n) is 2.10. The largest absolute Gasteiger partial charge is 0.326 e. The van der Waals surface area contributed by atoms with Gasteiger partial charge in [0.05, 0.1) is 42.3 Å². The van der Waals surface area contributed by atoms with Gasteiger partial charge in [-0.05, 0) is 12.2 Å². The summed E-state index contributed by atoms with van der Waals surface area (Å²) in [7, 11) is 19.5. The first-order valence-electron chi connectivity index (χ1n) is 11.3. The van der Waals surface area contributed by atoms with Crippen molar-refractivity contribution in [1.29, 1.82) is 0 Å². The van der Waals surface area contributed by atoms with Crippen molar-refractivity contribution in [3.8, 4) is 0 Å². The smallest absolute Gasteiger partial charge is 0.168 e. The summed E-state index contributed by atoms with van der Waals surface area (Å²) in [5, 5.41) is 0. The van der Waals surface area contributed by atoms with Crippen LogP contribution in [0.5, 0.6) is 0 Å².